The van der Waals surface area contributed by atoms with Gasteiger partial charge in [-0.25, -0.2) is 19.2 Å². The molecule has 0 radical (unpaired) electrons. The molecule has 4 amide bonds. The summed E-state index contributed by atoms with van der Waals surface area (Å²) in [5, 5.41) is 4.43. The van der Waals surface area contributed by atoms with Gasteiger partial charge in [0.1, 0.15) is 0 Å². The van der Waals surface area contributed by atoms with Gasteiger partial charge in [0, 0.05) is 17.0 Å². The predicted octanol–water partition coefficient (Wildman–Crippen LogP) is 3.16. The van der Waals surface area contributed by atoms with Crippen molar-refractivity contribution in [2.24, 2.45) is 0 Å². The summed E-state index contributed by atoms with van der Waals surface area (Å²) >= 11 is 1.10. The van der Waals surface area contributed by atoms with Crippen LogP contribution in [0.25, 0.3) is 0 Å². The first-order chi connectivity index (χ1) is 19.0. The lowest BCUT2D eigenvalue weighted by Gasteiger charge is -2.35. The average Bonchev–Trinajstić information content (AvgIpc) is 3.18. The number of alkyl halides is 2. The van der Waals surface area contributed by atoms with Crippen molar-refractivity contribution < 1.29 is 46.7 Å². The summed E-state index contributed by atoms with van der Waals surface area (Å²) in [6.07, 6.45) is -3.71. The number of hydrogen-bond acceptors (Lipinski definition) is 9. The van der Waals surface area contributed by atoms with Gasteiger partial charge < -0.3 is 14.2 Å². The number of para-hydroxylation sites is 1. The average molecular weight is 571 g/mol. The molecule has 4 aliphatic rings. The molecule has 0 bridgehead atoms. The zero-order valence-electron chi connectivity index (χ0n) is 21.0. The molecule has 7 rings (SSSR count). The molecule has 4 unspecified atom stereocenters. The van der Waals surface area contributed by atoms with Gasteiger partial charge in [-0.1, -0.05) is 35.6 Å². The second-order valence-corrected chi connectivity index (χ2v) is 11.1. The molecule has 1 aromatic heterocycles. The summed E-state index contributed by atoms with van der Waals surface area (Å²) in [7, 11) is 2.86. The number of benzene rings is 2. The van der Waals surface area contributed by atoms with Crippen LogP contribution >= 0.6 is 11.3 Å². The van der Waals surface area contributed by atoms with E-state index in [1.807, 2.05) is 6.07 Å². The Hall–Kier alpha value is -4.27. The van der Waals surface area contributed by atoms with E-state index >= 15 is 0 Å². The molecule has 2 spiro atoms. The van der Waals surface area contributed by atoms with E-state index < -0.39 is 50.7 Å². The number of carbonyl (C=O) groups excluding carboxylic acids is 4. The molecule has 5 heterocycles. The Balaban J connectivity index is 1.30. The number of aromatic nitrogens is 1. The fraction of sp³-hybridized carbons (Fsp3) is 0.269. The van der Waals surface area contributed by atoms with Crippen LogP contribution in [0.3, 0.4) is 0 Å². The topological polar surface area (TPSA) is 121 Å². The Bertz CT molecular complexity index is 1690. The number of imide groups is 1. The zero-order chi connectivity index (χ0) is 28.2. The SMILES string of the molecule is COC(=O)c1csc([N+]2(C)C(=O)C3(Cc4ccccc42)C[N+]32C(=O)NC(c3ccc4c(c3)OC(F)(F)O4)C2=O)n1. The monoisotopic (exact) mass is 570 g/mol. The Morgan fingerprint density at radius 2 is 1.90 bits per heavy atom. The van der Waals surface area contributed by atoms with E-state index in [-0.39, 0.29) is 40.9 Å². The molecule has 11 nitrogen and oxygen atoms in total. The molecular weight excluding hydrogens is 550 g/mol. The number of carbonyl (C=O) groups is 4. The standard InChI is InChI=1S/C26H19F2N4O7S/c1-31(24-29-15(11-40-24)21(34)37-2)16-6-4-3-5-14(16)10-25(22(31)35)12-32(25)20(33)19(30-23(32)36)13-7-8-17-18(9-13)39-26(27,28)38-17/h3-9,11,19H,10,12H2,1-2H3/q+1/p+1. The van der Waals surface area contributed by atoms with Gasteiger partial charge in [-0.15, -0.1) is 13.3 Å². The number of esters is 1. The number of nitrogens with one attached hydrogen (secondary N) is 1. The Kier molecular flexibility index (Phi) is 4.75. The van der Waals surface area contributed by atoms with Crippen molar-refractivity contribution in [1.82, 2.24) is 14.8 Å². The van der Waals surface area contributed by atoms with Gasteiger partial charge in [0.25, 0.3) is 10.7 Å². The molecule has 204 valence electrons. The molecule has 3 aromatic rings. The molecule has 2 saturated heterocycles. The molecule has 14 heteroatoms. The highest BCUT2D eigenvalue weighted by Crippen LogP contribution is 2.58. The van der Waals surface area contributed by atoms with Crippen molar-refractivity contribution in [2.45, 2.75) is 24.3 Å². The molecule has 40 heavy (non-hydrogen) atoms. The van der Waals surface area contributed by atoms with E-state index in [1.165, 1.54) is 30.7 Å². The lowest BCUT2D eigenvalue weighted by Crippen LogP contribution is -2.62. The van der Waals surface area contributed by atoms with Crippen molar-refractivity contribution >= 4 is 46.0 Å². The second kappa shape index (κ2) is 7.68. The minimum absolute atomic E-state index is 0.0369. The van der Waals surface area contributed by atoms with Crippen LogP contribution in [0.15, 0.2) is 47.8 Å². The van der Waals surface area contributed by atoms with Crippen molar-refractivity contribution in [1.29, 1.82) is 0 Å². The van der Waals surface area contributed by atoms with Crippen molar-refractivity contribution in [3.8, 4) is 11.5 Å². The van der Waals surface area contributed by atoms with Crippen molar-refractivity contribution in [3.63, 3.8) is 0 Å². The minimum atomic E-state index is -3.84. The number of thiazole rings is 1. The third-order valence-electron chi connectivity index (χ3n) is 8.15. The van der Waals surface area contributed by atoms with E-state index in [0.29, 0.717) is 5.69 Å². The number of urea groups is 1. The maximum Gasteiger partial charge on any atom is 0.586 e. The fourth-order valence-electron chi connectivity index (χ4n) is 6.19. The number of ether oxygens (including phenoxy) is 3. The Morgan fingerprint density at radius 1 is 1.15 bits per heavy atom. The van der Waals surface area contributed by atoms with Crippen LogP contribution in [0.4, 0.5) is 24.4 Å². The van der Waals surface area contributed by atoms with Gasteiger partial charge in [0.15, 0.2) is 35.5 Å². The normalized spacial score (nSPS) is 30.9. The maximum atomic E-state index is 14.5. The molecule has 4 atom stereocenters. The van der Waals surface area contributed by atoms with Crippen molar-refractivity contribution in [2.75, 3.05) is 20.7 Å². The highest BCUT2D eigenvalue weighted by atomic mass is 32.1. The summed E-state index contributed by atoms with van der Waals surface area (Å²) in [6, 6.07) is 9.20. The molecule has 4 aliphatic heterocycles. The van der Waals surface area contributed by atoms with Gasteiger partial charge in [-0.05, 0) is 17.7 Å². The number of likely N-dealkylation sites (N-methyl/N-ethyl adjacent to an activating group) is 1. The number of fused-ring (bicyclic) bond motifs is 3. The van der Waals surface area contributed by atoms with Gasteiger partial charge in [0.05, 0.1) is 20.6 Å². The van der Waals surface area contributed by atoms with E-state index in [0.717, 1.165) is 16.9 Å². The lowest BCUT2D eigenvalue weighted by molar-refractivity contribution is -0.650. The minimum Gasteiger partial charge on any atom is -0.464 e. The first-order valence-corrected chi connectivity index (χ1v) is 13.0. The second-order valence-electron chi connectivity index (χ2n) is 10.2. The Labute approximate surface area is 228 Å². The largest absolute Gasteiger partial charge is 0.586 e. The zero-order valence-corrected chi connectivity index (χ0v) is 21.8. The van der Waals surface area contributed by atoms with E-state index in [2.05, 4.69) is 19.8 Å². The molecule has 1 N–H and O–H groups in total. The van der Waals surface area contributed by atoms with Gasteiger partial charge in [-0.3, -0.25) is 5.32 Å². The highest BCUT2D eigenvalue weighted by Gasteiger charge is 2.90. The molecule has 2 aromatic carbocycles. The first-order valence-electron chi connectivity index (χ1n) is 12.1. The van der Waals surface area contributed by atoms with E-state index in [1.54, 1.807) is 25.2 Å². The fourth-order valence-corrected chi connectivity index (χ4v) is 7.10. The predicted molar refractivity (Wildman–Crippen MR) is 133 cm³/mol. The van der Waals surface area contributed by atoms with Gasteiger partial charge >= 0.3 is 30.1 Å². The van der Waals surface area contributed by atoms with Crippen LogP contribution in [0.2, 0.25) is 0 Å². The summed E-state index contributed by atoms with van der Waals surface area (Å²) in [5.41, 5.74) is 0.200. The molecule has 0 saturated carbocycles. The molecular formula is C26H20F2N4O7S+2. The number of methoxy groups -OCH3 is 1. The van der Waals surface area contributed by atoms with Crippen LogP contribution in [-0.2, 0) is 20.7 Å². The van der Waals surface area contributed by atoms with Crippen LogP contribution in [-0.4, -0.2) is 65.8 Å². The van der Waals surface area contributed by atoms with Gasteiger partial charge in [-0.2, -0.15) is 9.47 Å². The van der Waals surface area contributed by atoms with Crippen LogP contribution in [0.1, 0.15) is 27.7 Å². The molecule has 2 fully saturated rings. The van der Waals surface area contributed by atoms with E-state index in [4.69, 9.17) is 4.74 Å². The summed E-state index contributed by atoms with van der Waals surface area (Å²) in [4.78, 5) is 58.5. The maximum absolute atomic E-state index is 14.5. The highest BCUT2D eigenvalue weighted by molar-refractivity contribution is 7.14. The summed E-state index contributed by atoms with van der Waals surface area (Å²) in [5.74, 6) is -2.12. The third kappa shape index (κ3) is 2.95. The number of rotatable bonds is 3. The number of quaternary nitrogens is 2. The molecule has 0 aliphatic carbocycles. The number of halogens is 2. The van der Waals surface area contributed by atoms with Crippen LogP contribution in [0.5, 0.6) is 11.5 Å². The first kappa shape index (κ1) is 24.7. The van der Waals surface area contributed by atoms with Crippen LogP contribution < -0.4 is 19.3 Å². The quantitative estimate of drug-likeness (QED) is 0.221. The third-order valence-corrected chi connectivity index (χ3v) is 9.16. The Morgan fingerprint density at radius 3 is 2.67 bits per heavy atom. The van der Waals surface area contributed by atoms with Gasteiger partial charge in [0.2, 0.25) is 0 Å². The smallest absolute Gasteiger partial charge is 0.464 e. The van der Waals surface area contributed by atoms with E-state index in [9.17, 15) is 28.0 Å². The lowest BCUT2D eigenvalue weighted by atomic mass is 9.89. The van der Waals surface area contributed by atoms with Crippen molar-refractivity contribution in [3.05, 3.63) is 64.7 Å². The van der Waals surface area contributed by atoms with Crippen LogP contribution in [0, 0.1) is 0 Å². The number of hydrogen-bond donors (Lipinski definition) is 1. The summed E-state index contributed by atoms with van der Waals surface area (Å²) < 4.78 is 39.6. The number of amides is 4. The summed E-state index contributed by atoms with van der Waals surface area (Å²) in [6.45, 7) is -0.0764. The number of nitrogens with zero attached hydrogens (tertiary/aromatic N) is 3.